The Labute approximate surface area is 377 Å². The van der Waals surface area contributed by atoms with Crippen molar-refractivity contribution in [3.05, 3.63) is 178 Å². The fourth-order valence-electron chi connectivity index (χ4n) is 7.21. The van der Waals surface area contributed by atoms with Gasteiger partial charge in [-0.3, -0.25) is 0 Å². The predicted octanol–water partition coefficient (Wildman–Crippen LogP) is 6.33. The number of rotatable bonds is 17. The van der Waals surface area contributed by atoms with E-state index in [0.29, 0.717) is 32.8 Å². The summed E-state index contributed by atoms with van der Waals surface area (Å²) >= 11 is 0. The molecule has 60 heavy (non-hydrogen) atoms. The van der Waals surface area contributed by atoms with Gasteiger partial charge in [0.05, 0.1) is 39.0 Å². The molecule has 0 aliphatic carbocycles. The molecule has 10 nitrogen and oxygen atoms in total. The van der Waals surface area contributed by atoms with Gasteiger partial charge in [0.1, 0.15) is 26.0 Å². The van der Waals surface area contributed by atoms with Crippen molar-refractivity contribution in [2.45, 2.75) is 57.5 Å². The summed E-state index contributed by atoms with van der Waals surface area (Å²) in [6.45, 7) is 12.9. The first-order valence-corrected chi connectivity index (χ1v) is 22.3. The molecule has 0 aliphatic rings. The summed E-state index contributed by atoms with van der Waals surface area (Å²) in [5, 5.41) is 3.48. The van der Waals surface area contributed by atoms with Gasteiger partial charge in [-0.15, -0.1) is 0 Å². The first-order valence-electron chi connectivity index (χ1n) is 19.5. The van der Waals surface area contributed by atoms with Crippen molar-refractivity contribution in [3.63, 3.8) is 0 Å². The monoisotopic (exact) mass is 853 g/mol. The summed E-state index contributed by atoms with van der Waals surface area (Å²) in [4.78, 5) is 3.78. The van der Waals surface area contributed by atoms with Crippen LogP contribution in [0.3, 0.4) is 0 Å². The molecule has 306 valence electrons. The molecule has 0 atom stereocenters. The van der Waals surface area contributed by atoms with E-state index in [0.717, 1.165) is 73.4 Å². The van der Waals surface area contributed by atoms with Gasteiger partial charge in [-0.2, -0.15) is 0 Å². The summed E-state index contributed by atoms with van der Waals surface area (Å²) in [5.74, 6) is 1.85. The van der Waals surface area contributed by atoms with E-state index < -0.39 is 20.2 Å². The SMILES string of the molecule is CCOc1ccc(Nc2ccc([C+](c3ccc(N(CC)Cc4cccc(S(=O)(=O)[O-])c4)cc3C)c3ccc(N(CC)Cc4cccc(S(=O)(=O)[O-])c4)cc3C)cc2)cc1.[Na+]. The van der Waals surface area contributed by atoms with Gasteiger partial charge in [0, 0.05) is 60.1 Å². The first kappa shape index (κ1) is 46.3. The van der Waals surface area contributed by atoms with Crippen LogP contribution in [0.2, 0.25) is 0 Å². The Morgan fingerprint density at radius 1 is 0.583 bits per heavy atom. The molecular formula is C47H48N3NaO7S2. The minimum absolute atomic E-state index is 0. The summed E-state index contributed by atoms with van der Waals surface area (Å²) in [7, 11) is -9.15. The Morgan fingerprint density at radius 3 is 1.40 bits per heavy atom. The number of hydrogen-bond acceptors (Lipinski definition) is 10. The van der Waals surface area contributed by atoms with Crippen LogP contribution in [-0.4, -0.2) is 45.6 Å². The molecule has 13 heteroatoms. The van der Waals surface area contributed by atoms with Crippen LogP contribution in [0.1, 0.15) is 59.7 Å². The molecule has 0 spiro atoms. The summed E-state index contributed by atoms with van der Waals surface area (Å²) in [6.07, 6.45) is 0. The van der Waals surface area contributed by atoms with Crippen LogP contribution >= 0.6 is 0 Å². The minimum atomic E-state index is -4.58. The molecule has 6 rings (SSSR count). The molecule has 6 aromatic rings. The molecule has 1 N–H and O–H groups in total. The van der Waals surface area contributed by atoms with Crippen molar-refractivity contribution >= 4 is 43.0 Å². The van der Waals surface area contributed by atoms with Crippen LogP contribution in [0.15, 0.2) is 143 Å². The van der Waals surface area contributed by atoms with E-state index in [4.69, 9.17) is 4.74 Å². The van der Waals surface area contributed by atoms with Gasteiger partial charge in [-0.1, -0.05) is 24.3 Å². The smallest absolute Gasteiger partial charge is 0.744 e. The molecular weight excluding hydrogens is 806 g/mol. The van der Waals surface area contributed by atoms with Crippen molar-refractivity contribution in [1.82, 2.24) is 0 Å². The van der Waals surface area contributed by atoms with E-state index in [9.17, 15) is 25.9 Å². The van der Waals surface area contributed by atoms with Crippen LogP contribution in [0.25, 0.3) is 0 Å². The van der Waals surface area contributed by atoms with Crippen LogP contribution in [-0.2, 0) is 33.3 Å². The summed E-state index contributed by atoms with van der Waals surface area (Å²) in [6, 6.07) is 41.2. The topological polar surface area (TPSA) is 142 Å². The molecule has 6 aromatic carbocycles. The zero-order valence-corrected chi connectivity index (χ0v) is 38.4. The van der Waals surface area contributed by atoms with Crippen LogP contribution in [0, 0.1) is 19.8 Å². The molecule has 0 amide bonds. The largest absolute Gasteiger partial charge is 1.00 e. The maximum Gasteiger partial charge on any atom is 1.00 e. The van der Waals surface area contributed by atoms with Gasteiger partial charge in [-0.25, -0.2) is 16.8 Å². The van der Waals surface area contributed by atoms with E-state index in [1.807, 2.05) is 57.2 Å². The molecule has 0 saturated heterocycles. The quantitative estimate of drug-likeness (QED) is 0.0479. The number of anilines is 4. The Morgan fingerprint density at radius 2 is 1.02 bits per heavy atom. The maximum absolute atomic E-state index is 11.7. The van der Waals surface area contributed by atoms with Gasteiger partial charge in [0.2, 0.25) is 0 Å². The van der Waals surface area contributed by atoms with Gasteiger partial charge < -0.3 is 29.0 Å². The molecule has 0 bridgehead atoms. The molecule has 0 fully saturated rings. The minimum Gasteiger partial charge on any atom is -0.744 e. The summed E-state index contributed by atoms with van der Waals surface area (Å²) < 4.78 is 75.9. The third-order valence-corrected chi connectivity index (χ3v) is 11.9. The number of aryl methyl sites for hydroxylation is 2. The van der Waals surface area contributed by atoms with Crippen molar-refractivity contribution < 1.29 is 60.2 Å². The molecule has 0 heterocycles. The molecule has 0 aromatic heterocycles. The van der Waals surface area contributed by atoms with Gasteiger partial charge in [-0.05, 0) is 155 Å². The van der Waals surface area contributed by atoms with E-state index in [2.05, 4.69) is 89.6 Å². The predicted molar refractivity (Wildman–Crippen MR) is 233 cm³/mol. The zero-order valence-electron chi connectivity index (χ0n) is 34.8. The second kappa shape index (κ2) is 20.2. The van der Waals surface area contributed by atoms with Crippen molar-refractivity contribution in [1.29, 1.82) is 0 Å². The molecule has 0 aliphatic heterocycles. The van der Waals surface area contributed by atoms with E-state index in [1.165, 1.54) is 24.3 Å². The average molecular weight is 854 g/mol. The van der Waals surface area contributed by atoms with E-state index in [1.54, 1.807) is 12.1 Å². The second-order valence-electron chi connectivity index (χ2n) is 14.3. The van der Waals surface area contributed by atoms with Crippen molar-refractivity contribution in [3.8, 4) is 5.75 Å². The Bertz CT molecular complexity index is 2490. The number of benzene rings is 6. The van der Waals surface area contributed by atoms with Gasteiger partial charge in [0.15, 0.2) is 0 Å². The summed E-state index contributed by atoms with van der Waals surface area (Å²) in [5.41, 5.74) is 10.4. The maximum atomic E-state index is 11.7. The van der Waals surface area contributed by atoms with E-state index >= 15 is 0 Å². The fourth-order valence-corrected chi connectivity index (χ4v) is 8.29. The average Bonchev–Trinajstić information content (AvgIpc) is 3.21. The van der Waals surface area contributed by atoms with Crippen molar-refractivity contribution in [2.24, 2.45) is 0 Å². The first-order chi connectivity index (χ1) is 28.2. The van der Waals surface area contributed by atoms with E-state index in [-0.39, 0.29) is 39.3 Å². The normalized spacial score (nSPS) is 11.4. The van der Waals surface area contributed by atoms with Crippen LogP contribution in [0.4, 0.5) is 22.7 Å². The second-order valence-corrected chi connectivity index (χ2v) is 17.0. The van der Waals surface area contributed by atoms with Crippen LogP contribution < -0.4 is 49.4 Å². The number of ether oxygens (including phenoxy) is 1. The third-order valence-electron chi connectivity index (χ3n) is 10.2. The Balaban J connectivity index is 0.00000683. The number of hydrogen-bond donors (Lipinski definition) is 1. The van der Waals surface area contributed by atoms with Crippen molar-refractivity contribution in [2.75, 3.05) is 34.8 Å². The Hall–Kier alpha value is -4.79. The fraction of sp³-hybridized carbons (Fsp3) is 0.213. The van der Waals surface area contributed by atoms with Gasteiger partial charge >= 0.3 is 29.6 Å². The molecule has 0 saturated carbocycles. The molecule has 0 radical (unpaired) electrons. The standard InChI is InChI=1S/C47H49N3O7S2.Na/c1-6-49(31-35-11-9-13-43(29-35)58(51,52)53)40-21-25-45(33(4)27-40)47(37-15-17-38(18-16-37)48-39-19-23-42(24-20-39)57-8-3)46-26-22-41(28-34(46)5)50(7-2)32-36-12-10-14-44(30-36)59(54,55)56;/h9-30,48H,6-8,31-32H2,1-5H3,(H-,51,52,53,54,55,56);/q;+1/p-1. The molecule has 0 unspecified atom stereocenters. The third kappa shape index (κ3) is 11.5. The zero-order chi connectivity index (χ0) is 42.3. The van der Waals surface area contributed by atoms with Gasteiger partial charge in [0.25, 0.3) is 0 Å². The van der Waals surface area contributed by atoms with Crippen LogP contribution in [0.5, 0.6) is 5.75 Å². The number of nitrogens with one attached hydrogen (secondary N) is 1. The Kier molecular flexibility index (Phi) is 15.6. The number of nitrogens with zero attached hydrogens (tertiary/aromatic N) is 2.